The molecule has 0 spiro atoms. The predicted molar refractivity (Wildman–Crippen MR) is 152 cm³/mol. The maximum atomic E-state index is 13.6. The van der Waals surface area contributed by atoms with Crippen LogP contribution in [0, 0.1) is 0 Å². The Bertz CT molecular complexity index is 1320. The number of amides is 2. The number of nitrogens with zero attached hydrogens (tertiary/aromatic N) is 2. The Labute approximate surface area is 232 Å². The van der Waals surface area contributed by atoms with Crippen LogP contribution in [0.4, 0.5) is 11.4 Å². The fourth-order valence-electron chi connectivity index (χ4n) is 4.26. The number of benzene rings is 3. The monoisotopic (exact) mass is 553 g/mol. The van der Waals surface area contributed by atoms with E-state index < -0.39 is 6.04 Å². The standard InChI is InChI=1S/C28H28ClN3O5S/c1-35-22-11-9-21(10-12-22)32-27(34)23(17-26(33)30-20-7-5-19(29)6-8-20)31(28(32)38)15-14-18-4-13-24(36-2)25(16-18)37-3/h4-13,16,23H,14-15,17H2,1-3H3,(H,30,33)/t23-/m0/s1. The van der Waals surface area contributed by atoms with Gasteiger partial charge in [0.2, 0.25) is 5.91 Å². The summed E-state index contributed by atoms with van der Waals surface area (Å²) in [7, 11) is 4.74. The van der Waals surface area contributed by atoms with Crippen molar-refractivity contribution >= 4 is 52.1 Å². The Kier molecular flexibility index (Phi) is 8.70. The van der Waals surface area contributed by atoms with E-state index in [1.165, 1.54) is 4.90 Å². The lowest BCUT2D eigenvalue weighted by molar-refractivity contribution is -0.124. The van der Waals surface area contributed by atoms with E-state index in [9.17, 15) is 9.59 Å². The highest BCUT2D eigenvalue weighted by Crippen LogP contribution is 2.31. The summed E-state index contributed by atoms with van der Waals surface area (Å²) in [5.74, 6) is 1.34. The third-order valence-electron chi connectivity index (χ3n) is 6.25. The zero-order valence-corrected chi connectivity index (χ0v) is 22.8. The molecule has 0 aromatic heterocycles. The first-order valence-electron chi connectivity index (χ1n) is 11.9. The van der Waals surface area contributed by atoms with E-state index in [1.807, 2.05) is 18.2 Å². The SMILES string of the molecule is COc1ccc(N2C(=O)[C@H](CC(=O)Nc3ccc(Cl)cc3)N(CCc3ccc(OC)c(OC)c3)C2=S)cc1. The molecule has 1 fully saturated rings. The van der Waals surface area contributed by atoms with Crippen LogP contribution in [0.15, 0.2) is 66.7 Å². The second-order valence-electron chi connectivity index (χ2n) is 8.56. The normalized spacial score (nSPS) is 15.0. The van der Waals surface area contributed by atoms with E-state index in [1.54, 1.807) is 74.8 Å². The van der Waals surface area contributed by atoms with Gasteiger partial charge in [-0.05, 0) is 84.9 Å². The van der Waals surface area contributed by atoms with Crippen LogP contribution < -0.4 is 24.4 Å². The maximum absolute atomic E-state index is 13.6. The van der Waals surface area contributed by atoms with E-state index in [4.69, 9.17) is 38.0 Å². The third kappa shape index (κ3) is 6.00. The third-order valence-corrected chi connectivity index (χ3v) is 6.91. The lowest BCUT2D eigenvalue weighted by Crippen LogP contribution is -2.39. The van der Waals surface area contributed by atoms with Crippen LogP contribution in [-0.4, -0.2) is 55.7 Å². The number of nitrogens with one attached hydrogen (secondary N) is 1. The highest BCUT2D eigenvalue weighted by molar-refractivity contribution is 7.80. The minimum absolute atomic E-state index is 0.0693. The second-order valence-corrected chi connectivity index (χ2v) is 9.36. The minimum atomic E-state index is -0.767. The fraction of sp³-hybridized carbons (Fsp3) is 0.250. The molecule has 1 aliphatic rings. The van der Waals surface area contributed by atoms with Crippen molar-refractivity contribution in [2.45, 2.75) is 18.9 Å². The number of anilines is 2. The summed E-state index contributed by atoms with van der Waals surface area (Å²) in [5, 5.41) is 3.74. The van der Waals surface area contributed by atoms with Crippen molar-refractivity contribution in [3.63, 3.8) is 0 Å². The van der Waals surface area contributed by atoms with Crippen molar-refractivity contribution < 1.29 is 23.8 Å². The van der Waals surface area contributed by atoms with E-state index in [-0.39, 0.29) is 18.2 Å². The van der Waals surface area contributed by atoms with Crippen molar-refractivity contribution in [3.8, 4) is 17.2 Å². The lowest BCUT2D eigenvalue weighted by atomic mass is 10.1. The highest BCUT2D eigenvalue weighted by atomic mass is 35.5. The van der Waals surface area contributed by atoms with E-state index in [0.29, 0.717) is 51.7 Å². The Morgan fingerprint density at radius 1 is 0.947 bits per heavy atom. The maximum Gasteiger partial charge on any atom is 0.256 e. The van der Waals surface area contributed by atoms with Crippen LogP contribution >= 0.6 is 23.8 Å². The van der Waals surface area contributed by atoms with Gasteiger partial charge in [-0.2, -0.15) is 0 Å². The van der Waals surface area contributed by atoms with E-state index in [0.717, 1.165) is 5.56 Å². The molecule has 1 atom stereocenters. The zero-order valence-electron chi connectivity index (χ0n) is 21.3. The van der Waals surface area contributed by atoms with Gasteiger partial charge in [0.1, 0.15) is 11.8 Å². The molecule has 1 saturated heterocycles. The molecule has 1 heterocycles. The molecule has 0 aliphatic carbocycles. The Morgan fingerprint density at radius 3 is 2.26 bits per heavy atom. The molecule has 0 unspecified atom stereocenters. The number of carbonyl (C=O) groups excluding carboxylic acids is 2. The molecule has 3 aromatic carbocycles. The first-order chi connectivity index (χ1) is 18.3. The smallest absolute Gasteiger partial charge is 0.256 e. The molecule has 10 heteroatoms. The molecular weight excluding hydrogens is 526 g/mol. The van der Waals surface area contributed by atoms with Gasteiger partial charge in [0, 0.05) is 17.3 Å². The van der Waals surface area contributed by atoms with E-state index in [2.05, 4.69) is 5.32 Å². The number of carbonyl (C=O) groups is 2. The predicted octanol–water partition coefficient (Wildman–Crippen LogP) is 4.94. The molecule has 0 bridgehead atoms. The number of hydrogen-bond donors (Lipinski definition) is 1. The van der Waals surface area contributed by atoms with Gasteiger partial charge >= 0.3 is 0 Å². The Hall–Kier alpha value is -3.82. The molecule has 1 N–H and O–H groups in total. The second kappa shape index (κ2) is 12.1. The van der Waals surface area contributed by atoms with Crippen molar-refractivity contribution in [2.75, 3.05) is 38.1 Å². The average Bonchev–Trinajstić information content (AvgIpc) is 3.16. The van der Waals surface area contributed by atoms with Gasteiger partial charge in [0.15, 0.2) is 16.6 Å². The van der Waals surface area contributed by atoms with Crippen molar-refractivity contribution in [1.29, 1.82) is 0 Å². The van der Waals surface area contributed by atoms with Gasteiger partial charge in [-0.15, -0.1) is 0 Å². The molecule has 3 aromatic rings. The van der Waals surface area contributed by atoms with Crippen LogP contribution in [-0.2, 0) is 16.0 Å². The number of hydrogen-bond acceptors (Lipinski definition) is 6. The number of ether oxygens (including phenoxy) is 3. The summed E-state index contributed by atoms with van der Waals surface area (Å²) >= 11 is 11.7. The lowest BCUT2D eigenvalue weighted by Gasteiger charge is -2.24. The van der Waals surface area contributed by atoms with Gasteiger partial charge in [-0.3, -0.25) is 14.5 Å². The molecule has 0 radical (unpaired) electrons. The molecule has 2 amide bonds. The molecule has 4 rings (SSSR count). The summed E-state index contributed by atoms with van der Waals surface area (Å²) in [6.45, 7) is 0.422. The topological polar surface area (TPSA) is 80.3 Å². The summed E-state index contributed by atoms with van der Waals surface area (Å²) < 4.78 is 16.0. The van der Waals surface area contributed by atoms with Crippen LogP contribution in [0.2, 0.25) is 5.02 Å². The summed E-state index contributed by atoms with van der Waals surface area (Å²) in [6.07, 6.45) is 0.500. The van der Waals surface area contributed by atoms with Crippen molar-refractivity contribution in [2.24, 2.45) is 0 Å². The van der Waals surface area contributed by atoms with Gasteiger partial charge in [-0.1, -0.05) is 17.7 Å². The van der Waals surface area contributed by atoms with E-state index >= 15 is 0 Å². The summed E-state index contributed by atoms with van der Waals surface area (Å²) in [5.41, 5.74) is 2.18. The van der Waals surface area contributed by atoms with Crippen LogP contribution in [0.3, 0.4) is 0 Å². The summed E-state index contributed by atoms with van der Waals surface area (Å²) in [6, 6.07) is 18.8. The first kappa shape index (κ1) is 27.2. The zero-order chi connectivity index (χ0) is 27.2. The molecule has 198 valence electrons. The average molecular weight is 554 g/mol. The highest BCUT2D eigenvalue weighted by Gasteiger charge is 2.44. The van der Waals surface area contributed by atoms with Crippen LogP contribution in [0.5, 0.6) is 17.2 Å². The Morgan fingerprint density at radius 2 is 1.63 bits per heavy atom. The summed E-state index contributed by atoms with van der Waals surface area (Å²) in [4.78, 5) is 29.9. The van der Waals surface area contributed by atoms with Gasteiger partial charge < -0.3 is 24.4 Å². The van der Waals surface area contributed by atoms with Crippen LogP contribution in [0.1, 0.15) is 12.0 Å². The van der Waals surface area contributed by atoms with Crippen molar-refractivity contribution in [1.82, 2.24) is 4.90 Å². The molecule has 1 aliphatic heterocycles. The number of thiocarbonyl (C=S) groups is 1. The minimum Gasteiger partial charge on any atom is -0.497 e. The molecule has 38 heavy (non-hydrogen) atoms. The van der Waals surface area contributed by atoms with Gasteiger partial charge in [0.25, 0.3) is 5.91 Å². The van der Waals surface area contributed by atoms with Gasteiger partial charge in [0.05, 0.1) is 33.4 Å². The van der Waals surface area contributed by atoms with Crippen LogP contribution in [0.25, 0.3) is 0 Å². The number of rotatable bonds is 10. The number of methoxy groups -OCH3 is 3. The van der Waals surface area contributed by atoms with Crippen molar-refractivity contribution in [3.05, 3.63) is 77.3 Å². The molecular formula is C28H28ClN3O5S. The largest absolute Gasteiger partial charge is 0.497 e. The first-order valence-corrected chi connectivity index (χ1v) is 12.7. The number of halogens is 1. The Balaban J connectivity index is 1.56. The molecule has 8 nitrogen and oxygen atoms in total. The fourth-order valence-corrected chi connectivity index (χ4v) is 4.80. The van der Waals surface area contributed by atoms with Gasteiger partial charge in [-0.25, -0.2) is 0 Å². The quantitative estimate of drug-likeness (QED) is 0.356. The molecule has 0 saturated carbocycles.